The summed E-state index contributed by atoms with van der Waals surface area (Å²) >= 11 is 0. The number of nitrogens with one attached hydrogen (secondary N) is 3. The quantitative estimate of drug-likeness (QED) is 0.500. The first kappa shape index (κ1) is 17.1. The SMILES string of the molecule is CC(=O)c1cc2ccccc2nc1C(=O)NNC(=O)Nc1ccccc1. The fraction of sp³-hybridized carbons (Fsp3) is 0.0526. The zero-order valence-electron chi connectivity index (χ0n) is 13.9. The van der Waals surface area contributed by atoms with E-state index in [0.717, 1.165) is 5.39 Å². The predicted molar refractivity (Wildman–Crippen MR) is 97.8 cm³/mol. The molecule has 2 aromatic carbocycles. The molecule has 7 heteroatoms. The molecule has 7 nitrogen and oxygen atoms in total. The number of rotatable bonds is 3. The number of pyridine rings is 1. The highest BCUT2D eigenvalue weighted by Crippen LogP contribution is 2.17. The first-order valence-corrected chi connectivity index (χ1v) is 7.87. The lowest BCUT2D eigenvalue weighted by molar-refractivity contribution is 0.0921. The highest BCUT2D eigenvalue weighted by Gasteiger charge is 2.18. The first-order chi connectivity index (χ1) is 12.5. The monoisotopic (exact) mass is 348 g/mol. The van der Waals surface area contributed by atoms with Crippen molar-refractivity contribution in [2.75, 3.05) is 5.32 Å². The summed E-state index contributed by atoms with van der Waals surface area (Å²) in [6.07, 6.45) is 0. The van der Waals surface area contributed by atoms with Crippen LogP contribution in [0.15, 0.2) is 60.7 Å². The molecule has 0 unspecified atom stereocenters. The third-order valence-electron chi connectivity index (χ3n) is 3.64. The molecule has 1 aromatic heterocycles. The van der Waals surface area contributed by atoms with Crippen molar-refractivity contribution in [3.05, 3.63) is 71.9 Å². The van der Waals surface area contributed by atoms with Crippen LogP contribution in [0.1, 0.15) is 27.8 Å². The third-order valence-corrected chi connectivity index (χ3v) is 3.64. The Balaban J connectivity index is 1.75. The van der Waals surface area contributed by atoms with Crippen molar-refractivity contribution in [2.24, 2.45) is 0 Å². The van der Waals surface area contributed by atoms with Crippen LogP contribution in [0.3, 0.4) is 0 Å². The molecule has 0 spiro atoms. The summed E-state index contributed by atoms with van der Waals surface area (Å²) in [4.78, 5) is 40.4. The molecule has 0 aliphatic rings. The Bertz CT molecular complexity index is 987. The van der Waals surface area contributed by atoms with E-state index in [1.807, 2.05) is 18.2 Å². The molecule has 3 aromatic rings. The lowest BCUT2D eigenvalue weighted by Crippen LogP contribution is -2.44. The summed E-state index contributed by atoms with van der Waals surface area (Å²) in [5, 5.41) is 3.32. The second-order valence-electron chi connectivity index (χ2n) is 5.53. The lowest BCUT2D eigenvalue weighted by Gasteiger charge is -2.11. The van der Waals surface area contributed by atoms with Crippen molar-refractivity contribution < 1.29 is 14.4 Å². The minimum absolute atomic E-state index is 0.0452. The standard InChI is InChI=1S/C19H16N4O3/c1-12(24)15-11-13-7-5-6-10-16(13)21-17(15)18(25)22-23-19(26)20-14-8-3-2-4-9-14/h2-11H,1H3,(H,22,25)(H2,20,23,26). The minimum atomic E-state index is -0.677. The van der Waals surface area contributed by atoms with Gasteiger partial charge in [0.25, 0.3) is 5.91 Å². The van der Waals surface area contributed by atoms with Crippen molar-refractivity contribution >= 4 is 34.3 Å². The van der Waals surface area contributed by atoms with E-state index in [-0.39, 0.29) is 17.0 Å². The minimum Gasteiger partial charge on any atom is -0.307 e. The Kier molecular flexibility index (Phi) is 4.89. The third kappa shape index (κ3) is 3.84. The molecular formula is C19H16N4O3. The Labute approximate surface area is 149 Å². The average molecular weight is 348 g/mol. The van der Waals surface area contributed by atoms with Crippen molar-refractivity contribution in [3.63, 3.8) is 0 Å². The molecule has 26 heavy (non-hydrogen) atoms. The number of fused-ring (bicyclic) bond motifs is 1. The molecule has 3 amide bonds. The smallest absolute Gasteiger partial charge is 0.307 e. The van der Waals surface area contributed by atoms with Crippen LogP contribution < -0.4 is 16.2 Å². The maximum Gasteiger partial charge on any atom is 0.337 e. The van der Waals surface area contributed by atoms with Crippen LogP contribution in [-0.2, 0) is 0 Å². The van der Waals surface area contributed by atoms with Gasteiger partial charge < -0.3 is 5.32 Å². The number of carbonyl (C=O) groups excluding carboxylic acids is 3. The van der Waals surface area contributed by atoms with Crippen LogP contribution in [0.5, 0.6) is 0 Å². The van der Waals surface area contributed by atoms with E-state index in [9.17, 15) is 14.4 Å². The second kappa shape index (κ2) is 7.43. The lowest BCUT2D eigenvalue weighted by atomic mass is 10.1. The van der Waals surface area contributed by atoms with Gasteiger partial charge >= 0.3 is 6.03 Å². The molecule has 0 bridgehead atoms. The Hall–Kier alpha value is -3.74. The molecule has 0 radical (unpaired) electrons. The number of hydrogen-bond acceptors (Lipinski definition) is 4. The van der Waals surface area contributed by atoms with E-state index in [1.165, 1.54) is 6.92 Å². The van der Waals surface area contributed by atoms with Gasteiger partial charge in [-0.05, 0) is 31.2 Å². The highest BCUT2D eigenvalue weighted by molar-refractivity contribution is 6.08. The number of ketones is 1. The number of hydrazine groups is 1. The van der Waals surface area contributed by atoms with Crippen molar-refractivity contribution in [2.45, 2.75) is 6.92 Å². The van der Waals surface area contributed by atoms with Crippen LogP contribution in [0.2, 0.25) is 0 Å². The number of para-hydroxylation sites is 2. The highest BCUT2D eigenvalue weighted by atomic mass is 16.2. The van der Waals surface area contributed by atoms with E-state index in [0.29, 0.717) is 11.2 Å². The molecule has 0 atom stereocenters. The van der Waals surface area contributed by atoms with E-state index in [2.05, 4.69) is 21.2 Å². The van der Waals surface area contributed by atoms with Gasteiger partial charge in [0, 0.05) is 16.6 Å². The van der Waals surface area contributed by atoms with Gasteiger partial charge in [-0.25, -0.2) is 15.2 Å². The first-order valence-electron chi connectivity index (χ1n) is 7.87. The maximum absolute atomic E-state index is 12.4. The molecule has 3 N–H and O–H groups in total. The fourth-order valence-corrected chi connectivity index (χ4v) is 2.41. The van der Waals surface area contributed by atoms with Gasteiger partial charge in [-0.3, -0.25) is 15.0 Å². The van der Waals surface area contributed by atoms with Crippen molar-refractivity contribution in [1.82, 2.24) is 15.8 Å². The van der Waals surface area contributed by atoms with Gasteiger partial charge in [0.05, 0.1) is 5.52 Å². The molecule has 0 aliphatic carbocycles. The van der Waals surface area contributed by atoms with Crippen LogP contribution >= 0.6 is 0 Å². The summed E-state index contributed by atoms with van der Waals surface area (Å²) in [6, 6.07) is 16.9. The van der Waals surface area contributed by atoms with E-state index in [1.54, 1.807) is 42.5 Å². The van der Waals surface area contributed by atoms with Crippen LogP contribution in [0.4, 0.5) is 10.5 Å². The molecule has 0 fully saturated rings. The molecule has 1 heterocycles. The Morgan fingerprint density at radius 1 is 0.885 bits per heavy atom. The van der Waals surface area contributed by atoms with Gasteiger partial charge in [-0.15, -0.1) is 0 Å². The number of carbonyl (C=O) groups is 3. The van der Waals surface area contributed by atoms with Crippen molar-refractivity contribution in [3.8, 4) is 0 Å². The predicted octanol–water partition coefficient (Wildman–Crippen LogP) is 2.90. The average Bonchev–Trinajstić information content (AvgIpc) is 2.65. The summed E-state index contributed by atoms with van der Waals surface area (Å²) in [5.41, 5.74) is 5.80. The van der Waals surface area contributed by atoms with Crippen LogP contribution in [-0.4, -0.2) is 22.7 Å². The zero-order valence-corrected chi connectivity index (χ0v) is 13.9. The van der Waals surface area contributed by atoms with Crippen LogP contribution in [0.25, 0.3) is 10.9 Å². The number of Topliss-reactive ketones (excluding diaryl/α,β-unsaturated/α-hetero) is 1. The van der Waals surface area contributed by atoms with E-state index >= 15 is 0 Å². The van der Waals surface area contributed by atoms with Crippen LogP contribution in [0, 0.1) is 0 Å². The van der Waals surface area contributed by atoms with Gasteiger partial charge in [0.1, 0.15) is 5.69 Å². The number of amides is 3. The number of aromatic nitrogens is 1. The molecule has 0 saturated carbocycles. The molecule has 130 valence electrons. The Morgan fingerprint density at radius 2 is 1.58 bits per heavy atom. The number of nitrogens with zero attached hydrogens (tertiary/aromatic N) is 1. The summed E-state index contributed by atoms with van der Waals surface area (Å²) < 4.78 is 0. The van der Waals surface area contributed by atoms with Gasteiger partial charge in [-0.2, -0.15) is 0 Å². The fourth-order valence-electron chi connectivity index (χ4n) is 2.41. The number of hydrogen-bond donors (Lipinski definition) is 3. The van der Waals surface area contributed by atoms with E-state index in [4.69, 9.17) is 0 Å². The van der Waals surface area contributed by atoms with E-state index < -0.39 is 11.9 Å². The number of anilines is 1. The molecule has 0 saturated heterocycles. The second-order valence-corrected chi connectivity index (χ2v) is 5.53. The summed E-state index contributed by atoms with van der Waals surface area (Å²) in [6.45, 7) is 1.36. The summed E-state index contributed by atoms with van der Waals surface area (Å²) in [7, 11) is 0. The van der Waals surface area contributed by atoms with Gasteiger partial charge in [0.15, 0.2) is 5.78 Å². The number of urea groups is 1. The normalized spacial score (nSPS) is 10.2. The maximum atomic E-state index is 12.4. The van der Waals surface area contributed by atoms with Gasteiger partial charge in [-0.1, -0.05) is 36.4 Å². The topological polar surface area (TPSA) is 100 Å². The molecule has 3 rings (SSSR count). The molecular weight excluding hydrogens is 332 g/mol. The number of benzene rings is 2. The zero-order chi connectivity index (χ0) is 18.5. The largest absolute Gasteiger partial charge is 0.337 e. The summed E-state index contributed by atoms with van der Waals surface area (Å²) in [5.74, 6) is -0.966. The van der Waals surface area contributed by atoms with Gasteiger partial charge in [0.2, 0.25) is 0 Å². The van der Waals surface area contributed by atoms with Crippen molar-refractivity contribution in [1.29, 1.82) is 0 Å². The molecule has 0 aliphatic heterocycles. The Morgan fingerprint density at radius 3 is 2.31 bits per heavy atom.